The number of para-hydroxylation sites is 1. The van der Waals surface area contributed by atoms with Gasteiger partial charge in [-0.25, -0.2) is 15.0 Å². The zero-order chi connectivity index (χ0) is 41.9. The zero-order valence-electron chi connectivity index (χ0n) is 34.3. The van der Waals surface area contributed by atoms with Crippen molar-refractivity contribution in [2.75, 3.05) is 0 Å². The standard InChI is InChI=1S/C59H34N4O/c1-2-15-36-30-40(29-28-35(36)14-1)57-60-58(62-59(61-57)49-32-39-18-5-6-19-41(39)42-20-7-8-21-43(42)49)47-25-13-27-53-56(47)55-46-24-10-9-22-44(46)52(34-54(55)64-53)63-50-26-12-11-23-45(50)48-31-37-16-3-4-17-38(37)33-51(48)63/h1-34H. The molecule has 11 aromatic carbocycles. The van der Waals surface area contributed by atoms with Crippen LogP contribution in [0.15, 0.2) is 211 Å². The highest BCUT2D eigenvalue weighted by molar-refractivity contribution is 6.25. The van der Waals surface area contributed by atoms with E-state index in [0.29, 0.717) is 17.5 Å². The molecule has 3 aromatic heterocycles. The molecule has 296 valence electrons. The van der Waals surface area contributed by atoms with Crippen LogP contribution in [0.1, 0.15) is 0 Å². The summed E-state index contributed by atoms with van der Waals surface area (Å²) in [5, 5.41) is 15.9. The maximum Gasteiger partial charge on any atom is 0.164 e. The summed E-state index contributed by atoms with van der Waals surface area (Å²) in [7, 11) is 0. The summed E-state index contributed by atoms with van der Waals surface area (Å²) in [6.07, 6.45) is 0. The van der Waals surface area contributed by atoms with Crippen LogP contribution in [-0.2, 0) is 0 Å². The molecule has 5 nitrogen and oxygen atoms in total. The van der Waals surface area contributed by atoms with Gasteiger partial charge in [-0.05, 0) is 84.9 Å². The maximum atomic E-state index is 6.96. The van der Waals surface area contributed by atoms with Crippen molar-refractivity contribution in [3.8, 4) is 39.9 Å². The van der Waals surface area contributed by atoms with Gasteiger partial charge in [-0.15, -0.1) is 0 Å². The van der Waals surface area contributed by atoms with Crippen LogP contribution in [-0.4, -0.2) is 19.5 Å². The largest absolute Gasteiger partial charge is 0.456 e. The second kappa shape index (κ2) is 13.4. The van der Waals surface area contributed by atoms with Gasteiger partial charge in [0, 0.05) is 49.7 Å². The topological polar surface area (TPSA) is 56.7 Å². The quantitative estimate of drug-likeness (QED) is 0.166. The lowest BCUT2D eigenvalue weighted by molar-refractivity contribution is 0.669. The first kappa shape index (κ1) is 35.0. The van der Waals surface area contributed by atoms with Gasteiger partial charge >= 0.3 is 0 Å². The SMILES string of the molecule is c1ccc2cc(-c3nc(-c4cc5ccccc5c5ccccc45)nc(-c4cccc5oc6cc(-n7c8ccccc8c8cc9ccccc9cc87)c7ccccc7c6c45)n3)ccc2c1. The fraction of sp³-hybridized carbons (Fsp3) is 0. The molecule has 5 heteroatoms. The van der Waals surface area contributed by atoms with Crippen molar-refractivity contribution in [3.05, 3.63) is 206 Å². The third-order valence-electron chi connectivity index (χ3n) is 13.2. The zero-order valence-corrected chi connectivity index (χ0v) is 34.3. The molecule has 0 radical (unpaired) electrons. The summed E-state index contributed by atoms with van der Waals surface area (Å²) in [6.45, 7) is 0. The number of fused-ring (bicyclic) bond motifs is 13. The van der Waals surface area contributed by atoms with Crippen molar-refractivity contribution < 1.29 is 4.42 Å². The number of benzene rings is 11. The molecule has 64 heavy (non-hydrogen) atoms. The Morgan fingerprint density at radius 2 is 0.922 bits per heavy atom. The molecule has 3 heterocycles. The van der Waals surface area contributed by atoms with Gasteiger partial charge in [0.05, 0.1) is 16.7 Å². The highest BCUT2D eigenvalue weighted by atomic mass is 16.3. The lowest BCUT2D eigenvalue weighted by atomic mass is 9.96. The third-order valence-corrected chi connectivity index (χ3v) is 13.2. The van der Waals surface area contributed by atoms with E-state index < -0.39 is 0 Å². The van der Waals surface area contributed by atoms with Crippen molar-refractivity contribution in [1.82, 2.24) is 19.5 Å². The first-order valence-corrected chi connectivity index (χ1v) is 21.7. The second-order valence-electron chi connectivity index (χ2n) is 16.7. The van der Waals surface area contributed by atoms with Crippen LogP contribution >= 0.6 is 0 Å². The monoisotopic (exact) mass is 814 g/mol. The second-order valence-corrected chi connectivity index (χ2v) is 16.7. The Labute approximate surface area is 366 Å². The van der Waals surface area contributed by atoms with Crippen LogP contribution in [0.3, 0.4) is 0 Å². The van der Waals surface area contributed by atoms with Crippen LogP contribution in [0.25, 0.3) is 137 Å². The molecule has 0 saturated heterocycles. The van der Waals surface area contributed by atoms with Gasteiger partial charge in [-0.2, -0.15) is 0 Å². The van der Waals surface area contributed by atoms with E-state index in [9.17, 15) is 0 Å². The van der Waals surface area contributed by atoms with Gasteiger partial charge in [0.2, 0.25) is 0 Å². The number of hydrogen-bond donors (Lipinski definition) is 0. The van der Waals surface area contributed by atoms with Gasteiger partial charge < -0.3 is 8.98 Å². The highest BCUT2D eigenvalue weighted by Gasteiger charge is 2.23. The van der Waals surface area contributed by atoms with Crippen LogP contribution in [0.2, 0.25) is 0 Å². The number of furan rings is 1. The minimum atomic E-state index is 0.584. The molecular formula is C59H34N4O. The van der Waals surface area contributed by atoms with E-state index >= 15 is 0 Å². The minimum absolute atomic E-state index is 0.584. The van der Waals surface area contributed by atoms with Crippen LogP contribution in [0.5, 0.6) is 0 Å². The van der Waals surface area contributed by atoms with Crippen molar-refractivity contribution >= 4 is 97.6 Å². The van der Waals surface area contributed by atoms with Crippen LogP contribution in [0, 0.1) is 0 Å². The molecule has 0 aliphatic rings. The lowest BCUT2D eigenvalue weighted by Gasteiger charge is -2.14. The third kappa shape index (κ3) is 5.15. The fourth-order valence-electron chi connectivity index (χ4n) is 10.3. The normalized spacial score (nSPS) is 12.1. The molecule has 0 bridgehead atoms. The molecule has 0 spiro atoms. The van der Waals surface area contributed by atoms with E-state index in [1.54, 1.807) is 0 Å². The van der Waals surface area contributed by atoms with E-state index in [1.165, 1.54) is 26.9 Å². The minimum Gasteiger partial charge on any atom is -0.456 e. The smallest absolute Gasteiger partial charge is 0.164 e. The van der Waals surface area contributed by atoms with E-state index in [2.05, 4.69) is 205 Å². The molecule has 14 rings (SSSR count). The molecule has 0 unspecified atom stereocenters. The van der Waals surface area contributed by atoms with Gasteiger partial charge in [0.25, 0.3) is 0 Å². The van der Waals surface area contributed by atoms with Crippen LogP contribution in [0.4, 0.5) is 0 Å². The molecule has 0 N–H and O–H groups in total. The Kier molecular flexibility index (Phi) is 7.33. The van der Waals surface area contributed by atoms with Gasteiger partial charge in [0.15, 0.2) is 17.5 Å². The summed E-state index contributed by atoms with van der Waals surface area (Å²) in [4.78, 5) is 16.1. The first-order valence-electron chi connectivity index (χ1n) is 21.7. The maximum absolute atomic E-state index is 6.96. The van der Waals surface area contributed by atoms with E-state index in [1.807, 2.05) is 6.07 Å². The summed E-state index contributed by atoms with van der Waals surface area (Å²) in [5.74, 6) is 1.81. The van der Waals surface area contributed by atoms with E-state index in [-0.39, 0.29) is 0 Å². The predicted octanol–water partition coefficient (Wildman–Crippen LogP) is 15.6. The Balaban J connectivity index is 1.05. The number of hydrogen-bond acceptors (Lipinski definition) is 4. The highest BCUT2D eigenvalue weighted by Crippen LogP contribution is 2.45. The fourth-order valence-corrected chi connectivity index (χ4v) is 10.3. The summed E-state index contributed by atoms with van der Waals surface area (Å²) in [5.41, 5.74) is 7.70. The molecule has 0 aliphatic carbocycles. The number of aromatic nitrogens is 4. The van der Waals surface area contributed by atoms with E-state index in [0.717, 1.165) is 93.1 Å². The van der Waals surface area contributed by atoms with Gasteiger partial charge in [-0.3, -0.25) is 0 Å². The summed E-state index contributed by atoms with van der Waals surface area (Å²) in [6, 6.07) is 73.3. The molecular weight excluding hydrogens is 781 g/mol. The first-order chi connectivity index (χ1) is 31.7. The average Bonchev–Trinajstić information content (AvgIpc) is 3.90. The van der Waals surface area contributed by atoms with Crippen LogP contribution < -0.4 is 0 Å². The molecule has 0 fully saturated rings. The predicted molar refractivity (Wildman–Crippen MR) is 265 cm³/mol. The van der Waals surface area contributed by atoms with Gasteiger partial charge in [0.1, 0.15) is 11.2 Å². The molecule has 0 saturated carbocycles. The summed E-state index contributed by atoms with van der Waals surface area (Å²) < 4.78 is 9.37. The lowest BCUT2D eigenvalue weighted by Crippen LogP contribution is -2.01. The Hall–Kier alpha value is -8.67. The van der Waals surface area contributed by atoms with Crippen molar-refractivity contribution in [3.63, 3.8) is 0 Å². The average molecular weight is 815 g/mol. The number of nitrogens with zero attached hydrogens (tertiary/aromatic N) is 4. The summed E-state index contributed by atoms with van der Waals surface area (Å²) >= 11 is 0. The Morgan fingerprint density at radius 1 is 0.312 bits per heavy atom. The Bertz CT molecular complexity index is 4270. The van der Waals surface area contributed by atoms with Crippen molar-refractivity contribution in [2.45, 2.75) is 0 Å². The Morgan fingerprint density at radius 3 is 1.73 bits per heavy atom. The van der Waals surface area contributed by atoms with Crippen molar-refractivity contribution in [2.24, 2.45) is 0 Å². The molecule has 14 aromatic rings. The van der Waals surface area contributed by atoms with Crippen molar-refractivity contribution in [1.29, 1.82) is 0 Å². The molecule has 0 amide bonds. The number of rotatable bonds is 4. The van der Waals surface area contributed by atoms with Gasteiger partial charge in [-0.1, -0.05) is 164 Å². The molecule has 0 aliphatic heterocycles. The van der Waals surface area contributed by atoms with E-state index in [4.69, 9.17) is 19.4 Å². The molecule has 0 atom stereocenters.